The standard InChI is InChI=1S/C19H28N2O4/c1-15(17(23)25-19(2,3)4)20-18(24)21(13-14-22)12-8-11-16-9-6-5-7-10-16/h5-11,15,22H,12-14H2,1-4H3,(H,20,24)/t15-/m0/s1. The number of esters is 1. The molecule has 6 nitrogen and oxygen atoms in total. The number of carbonyl (C=O) groups is 2. The molecule has 0 radical (unpaired) electrons. The number of hydrogen-bond donors (Lipinski definition) is 2. The van der Waals surface area contributed by atoms with E-state index in [9.17, 15) is 9.59 Å². The maximum Gasteiger partial charge on any atom is 0.328 e. The molecule has 25 heavy (non-hydrogen) atoms. The number of nitrogens with zero attached hydrogens (tertiary/aromatic N) is 1. The van der Waals surface area contributed by atoms with Crippen molar-refractivity contribution in [3.8, 4) is 0 Å². The largest absolute Gasteiger partial charge is 0.458 e. The van der Waals surface area contributed by atoms with E-state index in [-0.39, 0.29) is 13.2 Å². The molecule has 0 saturated heterocycles. The average Bonchev–Trinajstić information content (AvgIpc) is 2.53. The lowest BCUT2D eigenvalue weighted by Gasteiger charge is -2.25. The molecule has 0 bridgehead atoms. The number of aliphatic hydroxyl groups is 1. The Kier molecular flexibility index (Phi) is 8.15. The normalized spacial score (nSPS) is 12.7. The lowest BCUT2D eigenvalue weighted by atomic mass is 10.2. The predicted octanol–water partition coefficient (Wildman–Crippen LogP) is 2.43. The van der Waals surface area contributed by atoms with Crippen LogP contribution in [0.25, 0.3) is 6.08 Å². The van der Waals surface area contributed by atoms with Gasteiger partial charge in [0.15, 0.2) is 0 Å². The summed E-state index contributed by atoms with van der Waals surface area (Å²) in [6, 6.07) is 8.51. The van der Waals surface area contributed by atoms with Crippen LogP contribution in [0.5, 0.6) is 0 Å². The van der Waals surface area contributed by atoms with Crippen molar-refractivity contribution < 1.29 is 19.4 Å². The first-order chi connectivity index (χ1) is 11.7. The minimum Gasteiger partial charge on any atom is -0.458 e. The van der Waals surface area contributed by atoms with Crippen molar-refractivity contribution in [2.45, 2.75) is 39.3 Å². The monoisotopic (exact) mass is 348 g/mol. The van der Waals surface area contributed by atoms with Crippen molar-refractivity contribution in [1.29, 1.82) is 0 Å². The first-order valence-corrected chi connectivity index (χ1v) is 8.33. The summed E-state index contributed by atoms with van der Waals surface area (Å²) < 4.78 is 5.24. The van der Waals surface area contributed by atoms with Crippen LogP contribution in [0.2, 0.25) is 0 Å². The van der Waals surface area contributed by atoms with Crippen LogP contribution in [0.1, 0.15) is 33.3 Å². The van der Waals surface area contributed by atoms with Crippen LogP contribution in [-0.2, 0) is 9.53 Å². The highest BCUT2D eigenvalue weighted by Crippen LogP contribution is 2.08. The van der Waals surface area contributed by atoms with E-state index in [0.717, 1.165) is 5.56 Å². The molecule has 0 aliphatic heterocycles. The van der Waals surface area contributed by atoms with Crippen molar-refractivity contribution in [2.75, 3.05) is 19.7 Å². The number of amides is 2. The highest BCUT2D eigenvalue weighted by molar-refractivity contribution is 5.83. The van der Waals surface area contributed by atoms with Crippen LogP contribution in [-0.4, -0.2) is 53.3 Å². The molecule has 0 saturated carbocycles. The van der Waals surface area contributed by atoms with Gasteiger partial charge in [-0.3, -0.25) is 0 Å². The van der Waals surface area contributed by atoms with Crippen molar-refractivity contribution >= 4 is 18.1 Å². The second-order valence-corrected chi connectivity index (χ2v) is 6.69. The van der Waals surface area contributed by atoms with Gasteiger partial charge in [-0.1, -0.05) is 42.5 Å². The van der Waals surface area contributed by atoms with Gasteiger partial charge in [0.1, 0.15) is 11.6 Å². The summed E-state index contributed by atoms with van der Waals surface area (Å²) in [7, 11) is 0. The third-order valence-corrected chi connectivity index (χ3v) is 3.19. The number of ether oxygens (including phenoxy) is 1. The molecular formula is C19H28N2O4. The molecule has 0 aromatic heterocycles. The molecule has 0 heterocycles. The molecule has 1 aromatic carbocycles. The van der Waals surface area contributed by atoms with Crippen LogP contribution in [0, 0.1) is 0 Å². The van der Waals surface area contributed by atoms with E-state index < -0.39 is 23.6 Å². The fraction of sp³-hybridized carbons (Fsp3) is 0.474. The van der Waals surface area contributed by atoms with Gasteiger partial charge in [0.25, 0.3) is 0 Å². The van der Waals surface area contributed by atoms with Gasteiger partial charge in [0, 0.05) is 13.1 Å². The Morgan fingerprint density at radius 2 is 1.92 bits per heavy atom. The summed E-state index contributed by atoms with van der Waals surface area (Å²) in [5, 5.41) is 11.8. The van der Waals surface area contributed by atoms with E-state index in [4.69, 9.17) is 9.84 Å². The average molecular weight is 348 g/mol. The molecule has 0 aliphatic rings. The van der Waals surface area contributed by atoms with E-state index in [1.54, 1.807) is 27.7 Å². The summed E-state index contributed by atoms with van der Waals surface area (Å²) in [6.07, 6.45) is 3.73. The van der Waals surface area contributed by atoms with Crippen LogP contribution in [0.15, 0.2) is 36.4 Å². The zero-order valence-corrected chi connectivity index (χ0v) is 15.4. The van der Waals surface area contributed by atoms with E-state index >= 15 is 0 Å². The number of urea groups is 1. The molecule has 6 heteroatoms. The van der Waals surface area contributed by atoms with Gasteiger partial charge in [-0.15, -0.1) is 0 Å². The first-order valence-electron chi connectivity index (χ1n) is 8.33. The van der Waals surface area contributed by atoms with Gasteiger partial charge >= 0.3 is 12.0 Å². The molecular weight excluding hydrogens is 320 g/mol. The van der Waals surface area contributed by atoms with E-state index in [1.165, 1.54) is 4.90 Å². The number of hydrogen-bond acceptors (Lipinski definition) is 4. The summed E-state index contributed by atoms with van der Waals surface area (Å²) >= 11 is 0. The maximum atomic E-state index is 12.3. The van der Waals surface area contributed by atoms with Gasteiger partial charge < -0.3 is 20.1 Å². The van der Waals surface area contributed by atoms with E-state index in [0.29, 0.717) is 6.54 Å². The topological polar surface area (TPSA) is 78.9 Å². The lowest BCUT2D eigenvalue weighted by molar-refractivity contribution is -0.156. The van der Waals surface area contributed by atoms with E-state index in [1.807, 2.05) is 42.5 Å². The molecule has 2 amide bonds. The summed E-state index contributed by atoms with van der Waals surface area (Å²) in [4.78, 5) is 25.7. The highest BCUT2D eigenvalue weighted by atomic mass is 16.6. The van der Waals surface area contributed by atoms with Crippen molar-refractivity contribution in [1.82, 2.24) is 10.2 Å². The Balaban J connectivity index is 2.60. The Morgan fingerprint density at radius 1 is 1.28 bits per heavy atom. The van der Waals surface area contributed by atoms with Crippen LogP contribution in [0.3, 0.4) is 0 Å². The number of aliphatic hydroxyl groups excluding tert-OH is 1. The molecule has 138 valence electrons. The van der Waals surface area contributed by atoms with Gasteiger partial charge in [0.2, 0.25) is 0 Å². The van der Waals surface area contributed by atoms with Crippen LogP contribution < -0.4 is 5.32 Å². The van der Waals surface area contributed by atoms with Gasteiger partial charge in [0.05, 0.1) is 6.61 Å². The molecule has 0 aliphatic carbocycles. The van der Waals surface area contributed by atoms with Crippen molar-refractivity contribution in [3.63, 3.8) is 0 Å². The van der Waals surface area contributed by atoms with Crippen molar-refractivity contribution in [2.24, 2.45) is 0 Å². The second-order valence-electron chi connectivity index (χ2n) is 6.69. The SMILES string of the molecule is C[C@H](NC(=O)N(CC=Cc1ccccc1)CCO)C(=O)OC(C)(C)C. The molecule has 0 unspecified atom stereocenters. The number of rotatable bonds is 7. The second kappa shape index (κ2) is 9.84. The van der Waals surface area contributed by atoms with Gasteiger partial charge in [-0.2, -0.15) is 0 Å². The first kappa shape index (κ1) is 20.7. The predicted molar refractivity (Wildman–Crippen MR) is 98.0 cm³/mol. The number of benzene rings is 1. The zero-order chi connectivity index (χ0) is 18.9. The molecule has 0 fully saturated rings. The Hall–Kier alpha value is -2.34. The third kappa shape index (κ3) is 8.35. The Morgan fingerprint density at radius 3 is 2.48 bits per heavy atom. The quantitative estimate of drug-likeness (QED) is 0.742. The third-order valence-electron chi connectivity index (χ3n) is 3.19. The maximum absolute atomic E-state index is 12.3. The minimum atomic E-state index is -0.772. The van der Waals surface area contributed by atoms with Crippen LogP contribution >= 0.6 is 0 Å². The molecule has 0 spiro atoms. The smallest absolute Gasteiger partial charge is 0.328 e. The van der Waals surface area contributed by atoms with Crippen LogP contribution in [0.4, 0.5) is 4.79 Å². The van der Waals surface area contributed by atoms with Gasteiger partial charge in [-0.25, -0.2) is 9.59 Å². The molecule has 1 atom stereocenters. The number of nitrogens with one attached hydrogen (secondary N) is 1. The highest BCUT2D eigenvalue weighted by Gasteiger charge is 2.24. The Bertz CT molecular complexity index is 579. The zero-order valence-electron chi connectivity index (χ0n) is 15.4. The fourth-order valence-electron chi connectivity index (χ4n) is 2.00. The molecule has 2 N–H and O–H groups in total. The molecule has 1 aromatic rings. The summed E-state index contributed by atoms with van der Waals surface area (Å²) in [5.41, 5.74) is 0.410. The fourth-order valence-corrected chi connectivity index (χ4v) is 2.00. The lowest BCUT2D eigenvalue weighted by Crippen LogP contribution is -2.49. The summed E-state index contributed by atoms with van der Waals surface area (Å²) in [6.45, 7) is 7.22. The minimum absolute atomic E-state index is 0.159. The Labute approximate surface area is 149 Å². The van der Waals surface area contributed by atoms with Crippen molar-refractivity contribution in [3.05, 3.63) is 42.0 Å². The van der Waals surface area contributed by atoms with Gasteiger partial charge in [-0.05, 0) is 33.3 Å². The summed E-state index contributed by atoms with van der Waals surface area (Å²) in [5.74, 6) is -0.496. The number of carbonyl (C=O) groups excluding carboxylic acids is 2. The molecule has 1 rings (SSSR count). The van der Waals surface area contributed by atoms with E-state index in [2.05, 4.69) is 5.32 Å².